The van der Waals surface area contributed by atoms with Crippen LogP contribution < -0.4 is 5.32 Å². The van der Waals surface area contributed by atoms with Crippen LogP contribution in [-0.2, 0) is 22.2 Å². The van der Waals surface area contributed by atoms with Gasteiger partial charge in [-0.2, -0.15) is 13.2 Å². The largest absolute Gasteiger partial charge is 0.480 e. The number of alkyl halides is 3. The molecule has 0 saturated carbocycles. The molecule has 150 valence electrons. The number of carboxylic acid groups (broad SMARTS) is 1. The van der Waals surface area contributed by atoms with Crippen molar-refractivity contribution in [1.29, 1.82) is 0 Å². The van der Waals surface area contributed by atoms with Crippen LogP contribution >= 0.6 is 27.5 Å². The zero-order valence-corrected chi connectivity index (χ0v) is 16.3. The van der Waals surface area contributed by atoms with E-state index in [1.165, 1.54) is 6.07 Å². The number of carbonyl (C=O) groups is 2. The fraction of sp³-hybridized carbons (Fsp3) is 0.222. The molecule has 5 nitrogen and oxygen atoms in total. The van der Waals surface area contributed by atoms with Crippen LogP contribution in [0.25, 0.3) is 0 Å². The molecule has 2 rings (SSSR count). The van der Waals surface area contributed by atoms with E-state index < -0.39 is 35.8 Å². The van der Waals surface area contributed by atoms with Gasteiger partial charge in [0.2, 0.25) is 0 Å². The van der Waals surface area contributed by atoms with E-state index in [4.69, 9.17) is 11.6 Å². The van der Waals surface area contributed by atoms with Crippen molar-refractivity contribution in [3.8, 4) is 0 Å². The molecule has 0 saturated heterocycles. The SMILES string of the molecule is O=C(O)[C@H](Cc1cc(Cl)ccc1Br)NC(=O)[C@H](O)c1ccc(C(F)(F)F)cc1. The molecule has 0 bridgehead atoms. The van der Waals surface area contributed by atoms with Crippen LogP contribution in [0.4, 0.5) is 13.2 Å². The first-order chi connectivity index (χ1) is 13.0. The Morgan fingerprint density at radius 2 is 1.75 bits per heavy atom. The van der Waals surface area contributed by atoms with E-state index in [9.17, 15) is 33.0 Å². The maximum atomic E-state index is 12.6. The fourth-order valence-corrected chi connectivity index (χ4v) is 2.98. The summed E-state index contributed by atoms with van der Waals surface area (Å²) in [7, 11) is 0. The van der Waals surface area contributed by atoms with Crippen molar-refractivity contribution < 1.29 is 33.0 Å². The molecule has 0 aliphatic heterocycles. The molecule has 2 atom stereocenters. The molecular formula is C18H14BrClF3NO4. The Morgan fingerprint density at radius 1 is 1.14 bits per heavy atom. The second kappa shape index (κ2) is 8.93. The topological polar surface area (TPSA) is 86.6 Å². The van der Waals surface area contributed by atoms with E-state index in [1.807, 2.05) is 0 Å². The van der Waals surface area contributed by atoms with Crippen LogP contribution in [0.2, 0.25) is 5.02 Å². The Labute approximate surface area is 171 Å². The standard InChI is InChI=1S/C18H14BrClF3NO4/c19-13-6-5-12(20)7-10(13)8-14(17(27)28)24-16(26)15(25)9-1-3-11(4-2-9)18(21,22)23/h1-7,14-15,25H,8H2,(H,24,26)(H,27,28)/t14-,15+/m0/s1. The number of aliphatic hydroxyl groups is 1. The first-order valence-corrected chi connectivity index (χ1v) is 8.98. The number of halogens is 5. The number of aliphatic hydroxyl groups excluding tert-OH is 1. The minimum Gasteiger partial charge on any atom is -0.480 e. The van der Waals surface area contributed by atoms with Crippen molar-refractivity contribution in [3.63, 3.8) is 0 Å². The van der Waals surface area contributed by atoms with Gasteiger partial charge in [0.05, 0.1) is 5.56 Å². The van der Waals surface area contributed by atoms with Gasteiger partial charge < -0.3 is 15.5 Å². The van der Waals surface area contributed by atoms with Crippen LogP contribution in [0.15, 0.2) is 46.9 Å². The quantitative estimate of drug-likeness (QED) is 0.584. The highest BCUT2D eigenvalue weighted by molar-refractivity contribution is 9.10. The molecule has 0 spiro atoms. The lowest BCUT2D eigenvalue weighted by atomic mass is 10.0. The van der Waals surface area contributed by atoms with Crippen molar-refractivity contribution in [2.45, 2.75) is 24.7 Å². The van der Waals surface area contributed by atoms with Crippen LogP contribution in [0.5, 0.6) is 0 Å². The maximum absolute atomic E-state index is 12.6. The molecule has 0 fully saturated rings. The summed E-state index contributed by atoms with van der Waals surface area (Å²) in [5.74, 6) is -2.40. The molecule has 0 aromatic heterocycles. The van der Waals surface area contributed by atoms with Crippen molar-refractivity contribution in [1.82, 2.24) is 5.32 Å². The van der Waals surface area contributed by atoms with Crippen LogP contribution in [0.3, 0.4) is 0 Å². The van der Waals surface area contributed by atoms with Gasteiger partial charge in [0.25, 0.3) is 5.91 Å². The molecule has 2 aromatic rings. The average molecular weight is 481 g/mol. The third kappa shape index (κ3) is 5.70. The molecule has 0 heterocycles. The minimum atomic E-state index is -4.55. The lowest BCUT2D eigenvalue weighted by molar-refractivity contribution is -0.143. The monoisotopic (exact) mass is 479 g/mol. The van der Waals surface area contributed by atoms with Gasteiger partial charge in [-0.25, -0.2) is 4.79 Å². The number of nitrogens with one attached hydrogen (secondary N) is 1. The fourth-order valence-electron chi connectivity index (χ4n) is 2.38. The highest BCUT2D eigenvalue weighted by atomic mass is 79.9. The van der Waals surface area contributed by atoms with Gasteiger partial charge >= 0.3 is 12.1 Å². The molecule has 3 N–H and O–H groups in total. The normalized spacial score (nSPS) is 13.6. The molecule has 0 unspecified atom stereocenters. The van der Waals surface area contributed by atoms with Gasteiger partial charge in [0.15, 0.2) is 6.10 Å². The van der Waals surface area contributed by atoms with Crippen LogP contribution in [-0.4, -0.2) is 28.1 Å². The lowest BCUT2D eigenvalue weighted by Crippen LogP contribution is -2.44. The Balaban J connectivity index is 2.13. The van der Waals surface area contributed by atoms with Crippen molar-refractivity contribution in [3.05, 3.63) is 68.7 Å². The summed E-state index contributed by atoms with van der Waals surface area (Å²) in [6.07, 6.45) is -6.50. The van der Waals surface area contributed by atoms with Gasteiger partial charge in [-0.1, -0.05) is 39.7 Å². The molecule has 28 heavy (non-hydrogen) atoms. The average Bonchev–Trinajstić information content (AvgIpc) is 2.62. The number of aliphatic carboxylic acids is 1. The van der Waals surface area contributed by atoms with E-state index in [1.54, 1.807) is 12.1 Å². The molecule has 1 amide bonds. The van der Waals surface area contributed by atoms with Crippen LogP contribution in [0, 0.1) is 0 Å². The molecule has 0 aliphatic rings. The lowest BCUT2D eigenvalue weighted by Gasteiger charge is -2.18. The third-order valence-corrected chi connectivity index (χ3v) is 4.86. The Morgan fingerprint density at radius 3 is 2.29 bits per heavy atom. The van der Waals surface area contributed by atoms with Gasteiger partial charge in [-0.15, -0.1) is 0 Å². The van der Waals surface area contributed by atoms with Crippen LogP contribution in [0.1, 0.15) is 22.8 Å². The highest BCUT2D eigenvalue weighted by Gasteiger charge is 2.31. The van der Waals surface area contributed by atoms with E-state index in [0.29, 0.717) is 15.1 Å². The summed E-state index contributed by atoms with van der Waals surface area (Å²) < 4.78 is 38.3. The summed E-state index contributed by atoms with van der Waals surface area (Å²) in [5, 5.41) is 22.0. The number of amides is 1. The first-order valence-electron chi connectivity index (χ1n) is 7.81. The second-order valence-electron chi connectivity index (χ2n) is 5.86. The summed E-state index contributed by atoms with van der Waals surface area (Å²) in [6.45, 7) is 0. The van der Waals surface area contributed by atoms with Crippen molar-refractivity contribution in [2.24, 2.45) is 0 Å². The maximum Gasteiger partial charge on any atom is 0.416 e. The molecular weight excluding hydrogens is 467 g/mol. The minimum absolute atomic E-state index is 0.0985. The number of rotatable bonds is 6. The number of carboxylic acids is 1. The Kier molecular flexibility index (Phi) is 7.08. The zero-order chi connectivity index (χ0) is 21.1. The van der Waals surface area contributed by atoms with Gasteiger partial charge in [-0.3, -0.25) is 4.79 Å². The predicted octanol–water partition coefficient (Wildman–Crippen LogP) is 3.97. The summed E-state index contributed by atoms with van der Waals surface area (Å²) in [4.78, 5) is 23.7. The molecule has 10 heteroatoms. The second-order valence-corrected chi connectivity index (χ2v) is 7.15. The van der Waals surface area contributed by atoms with E-state index in [2.05, 4.69) is 21.2 Å². The number of hydrogen-bond donors (Lipinski definition) is 3. The van der Waals surface area contributed by atoms with Crippen molar-refractivity contribution >= 4 is 39.4 Å². The Bertz CT molecular complexity index is 874. The van der Waals surface area contributed by atoms with E-state index in [-0.39, 0.29) is 12.0 Å². The smallest absolute Gasteiger partial charge is 0.416 e. The predicted molar refractivity (Wildman–Crippen MR) is 98.8 cm³/mol. The number of carbonyl (C=O) groups excluding carboxylic acids is 1. The van der Waals surface area contributed by atoms with Gasteiger partial charge in [0.1, 0.15) is 6.04 Å². The van der Waals surface area contributed by atoms with E-state index in [0.717, 1.165) is 24.3 Å². The van der Waals surface area contributed by atoms with Crippen molar-refractivity contribution in [2.75, 3.05) is 0 Å². The summed E-state index contributed by atoms with van der Waals surface area (Å²) in [6, 6.07) is 6.72. The third-order valence-electron chi connectivity index (χ3n) is 3.85. The summed E-state index contributed by atoms with van der Waals surface area (Å²) in [5.41, 5.74) is -0.513. The van der Waals surface area contributed by atoms with Gasteiger partial charge in [-0.05, 0) is 41.5 Å². The molecule has 0 radical (unpaired) electrons. The number of benzene rings is 2. The zero-order valence-electron chi connectivity index (χ0n) is 14.0. The molecule has 2 aromatic carbocycles. The Hall–Kier alpha value is -2.10. The first kappa shape index (κ1) is 22.2. The molecule has 0 aliphatic carbocycles. The van der Waals surface area contributed by atoms with Gasteiger partial charge in [0, 0.05) is 15.9 Å². The highest BCUT2D eigenvalue weighted by Crippen LogP contribution is 2.30. The summed E-state index contributed by atoms with van der Waals surface area (Å²) >= 11 is 9.14. The number of hydrogen-bond acceptors (Lipinski definition) is 3. The van der Waals surface area contributed by atoms with E-state index >= 15 is 0 Å².